The molecule has 0 saturated carbocycles. The summed E-state index contributed by atoms with van der Waals surface area (Å²) < 4.78 is 1.95. The van der Waals surface area contributed by atoms with E-state index in [4.69, 9.17) is 0 Å². The monoisotopic (exact) mass is 482 g/mol. The van der Waals surface area contributed by atoms with Crippen molar-refractivity contribution in [1.29, 1.82) is 0 Å². The highest BCUT2D eigenvalue weighted by Crippen LogP contribution is 2.30. The Morgan fingerprint density at radius 1 is 0.889 bits per heavy atom. The van der Waals surface area contributed by atoms with Crippen molar-refractivity contribution in [3.8, 4) is 5.69 Å². The molecule has 1 N–H and O–H groups in total. The third-order valence-corrected chi connectivity index (χ3v) is 7.21. The van der Waals surface area contributed by atoms with Crippen LogP contribution >= 0.6 is 0 Å². The van der Waals surface area contributed by atoms with Crippen LogP contribution in [0.1, 0.15) is 36.7 Å². The first kappa shape index (κ1) is 24.2. The van der Waals surface area contributed by atoms with E-state index in [9.17, 15) is 5.11 Å². The molecule has 0 radical (unpaired) electrons. The molecule has 5 rings (SSSR count). The van der Waals surface area contributed by atoms with Crippen molar-refractivity contribution in [1.82, 2.24) is 24.6 Å². The Morgan fingerprint density at radius 2 is 1.58 bits per heavy atom. The van der Waals surface area contributed by atoms with E-state index in [1.807, 2.05) is 23.6 Å². The summed E-state index contributed by atoms with van der Waals surface area (Å²) in [4.78, 5) is 9.10. The number of hydrogen-bond acceptors (Lipinski definition) is 6. The molecule has 7 nitrogen and oxygen atoms in total. The number of anilines is 1. The number of hydrogen-bond donors (Lipinski definition) is 1. The molecule has 7 heteroatoms. The minimum absolute atomic E-state index is 0.0826. The number of piperazine rings is 1. The Kier molecular flexibility index (Phi) is 7.39. The molecule has 3 atom stereocenters. The second-order valence-electron chi connectivity index (χ2n) is 9.43. The zero-order valence-electron chi connectivity index (χ0n) is 21.0. The first-order valence-electron chi connectivity index (χ1n) is 12.8. The average Bonchev–Trinajstić information content (AvgIpc) is 3.32. The van der Waals surface area contributed by atoms with Gasteiger partial charge in [0.1, 0.15) is 11.9 Å². The SMILES string of the molecule is CCC(C(O)c1nnc(C)n1-c1ccncc1)N1CCN(c2ccccc2)CC1Cc1ccccc1. The molecular weight excluding hydrogens is 448 g/mol. The van der Waals surface area contributed by atoms with Crippen molar-refractivity contribution in [2.45, 2.75) is 44.9 Å². The number of nitrogens with zero attached hydrogens (tertiary/aromatic N) is 6. The summed E-state index contributed by atoms with van der Waals surface area (Å²) in [6.07, 6.45) is 4.46. The second-order valence-corrected chi connectivity index (χ2v) is 9.43. The lowest BCUT2D eigenvalue weighted by Crippen LogP contribution is -2.58. The van der Waals surface area contributed by atoms with Gasteiger partial charge < -0.3 is 10.0 Å². The molecule has 3 unspecified atom stereocenters. The van der Waals surface area contributed by atoms with Gasteiger partial charge in [0.25, 0.3) is 0 Å². The molecule has 1 aliphatic heterocycles. The molecule has 4 aromatic rings. The molecule has 2 aromatic heterocycles. The van der Waals surface area contributed by atoms with Crippen LogP contribution in [0.25, 0.3) is 5.69 Å². The number of pyridine rings is 1. The van der Waals surface area contributed by atoms with E-state index in [-0.39, 0.29) is 12.1 Å². The third-order valence-electron chi connectivity index (χ3n) is 7.21. The van der Waals surface area contributed by atoms with E-state index < -0.39 is 6.10 Å². The molecular formula is C29H34N6O. The summed E-state index contributed by atoms with van der Waals surface area (Å²) in [7, 11) is 0. The second kappa shape index (κ2) is 11.0. The van der Waals surface area contributed by atoms with Gasteiger partial charge >= 0.3 is 0 Å². The zero-order chi connectivity index (χ0) is 24.9. The Bertz CT molecular complexity index is 1230. The number of rotatable bonds is 8. The molecule has 0 bridgehead atoms. The molecule has 36 heavy (non-hydrogen) atoms. The Morgan fingerprint density at radius 3 is 2.28 bits per heavy atom. The summed E-state index contributed by atoms with van der Waals surface area (Å²) in [5.41, 5.74) is 3.46. The van der Waals surface area contributed by atoms with Crippen LogP contribution in [0.5, 0.6) is 0 Å². The molecule has 1 saturated heterocycles. The lowest BCUT2D eigenvalue weighted by Gasteiger charge is -2.47. The molecule has 1 aliphatic rings. The summed E-state index contributed by atoms with van der Waals surface area (Å²) in [5, 5.41) is 20.5. The van der Waals surface area contributed by atoms with Crippen LogP contribution in [0.15, 0.2) is 85.2 Å². The number of aliphatic hydroxyl groups excluding tert-OH is 1. The van der Waals surface area contributed by atoms with Crippen LogP contribution in [-0.4, -0.2) is 61.5 Å². The summed E-state index contributed by atoms with van der Waals surface area (Å²) in [6, 6.07) is 25.3. The minimum Gasteiger partial charge on any atom is -0.383 e. The summed E-state index contributed by atoms with van der Waals surface area (Å²) >= 11 is 0. The Hall–Kier alpha value is -3.55. The first-order valence-corrected chi connectivity index (χ1v) is 12.8. The first-order chi connectivity index (χ1) is 17.7. The average molecular weight is 483 g/mol. The molecule has 2 aromatic carbocycles. The number of aryl methyl sites for hydroxylation is 1. The van der Waals surface area contributed by atoms with Gasteiger partial charge in [0, 0.05) is 49.8 Å². The van der Waals surface area contributed by atoms with Crippen molar-refractivity contribution in [3.63, 3.8) is 0 Å². The van der Waals surface area contributed by atoms with Crippen LogP contribution in [0, 0.1) is 6.92 Å². The number of aromatic nitrogens is 4. The largest absolute Gasteiger partial charge is 0.383 e. The number of benzene rings is 2. The molecule has 186 valence electrons. The maximum atomic E-state index is 11.8. The zero-order valence-corrected chi connectivity index (χ0v) is 21.0. The van der Waals surface area contributed by atoms with Crippen molar-refractivity contribution in [2.24, 2.45) is 0 Å². The summed E-state index contributed by atoms with van der Waals surface area (Å²) in [5.74, 6) is 1.33. The van der Waals surface area contributed by atoms with Gasteiger partial charge in [-0.25, -0.2) is 0 Å². The van der Waals surface area contributed by atoms with Gasteiger partial charge in [-0.1, -0.05) is 55.5 Å². The highest BCUT2D eigenvalue weighted by atomic mass is 16.3. The molecule has 3 heterocycles. The third kappa shape index (κ3) is 5.03. The van der Waals surface area contributed by atoms with Crippen molar-refractivity contribution >= 4 is 5.69 Å². The van der Waals surface area contributed by atoms with Crippen LogP contribution in [0.3, 0.4) is 0 Å². The van der Waals surface area contributed by atoms with E-state index in [1.165, 1.54) is 11.3 Å². The fourth-order valence-electron chi connectivity index (χ4n) is 5.44. The lowest BCUT2D eigenvalue weighted by atomic mass is 9.96. The van der Waals surface area contributed by atoms with E-state index in [1.54, 1.807) is 12.4 Å². The highest BCUT2D eigenvalue weighted by Gasteiger charge is 2.37. The van der Waals surface area contributed by atoms with Crippen LogP contribution < -0.4 is 4.90 Å². The van der Waals surface area contributed by atoms with Gasteiger partial charge in [-0.05, 0) is 49.6 Å². The summed E-state index contributed by atoms with van der Waals surface area (Å²) in [6.45, 7) is 6.75. The van der Waals surface area contributed by atoms with Crippen molar-refractivity contribution < 1.29 is 5.11 Å². The van der Waals surface area contributed by atoms with Crippen molar-refractivity contribution in [2.75, 3.05) is 24.5 Å². The van der Waals surface area contributed by atoms with Gasteiger partial charge in [-0.3, -0.25) is 14.5 Å². The highest BCUT2D eigenvalue weighted by molar-refractivity contribution is 5.47. The Labute approximate surface area is 213 Å². The number of aliphatic hydroxyl groups is 1. The molecule has 0 spiro atoms. The maximum absolute atomic E-state index is 11.8. The van der Waals surface area contributed by atoms with Gasteiger partial charge in [0.05, 0.1) is 5.69 Å². The Balaban J connectivity index is 1.45. The predicted octanol–water partition coefficient (Wildman–Crippen LogP) is 4.22. The molecule has 0 aliphatic carbocycles. The quantitative estimate of drug-likeness (QED) is 0.406. The normalized spacial score (nSPS) is 18.2. The van der Waals surface area contributed by atoms with Crippen LogP contribution in [-0.2, 0) is 6.42 Å². The van der Waals surface area contributed by atoms with Gasteiger partial charge in [0.15, 0.2) is 5.82 Å². The smallest absolute Gasteiger partial charge is 0.168 e. The topological polar surface area (TPSA) is 70.3 Å². The fourth-order valence-corrected chi connectivity index (χ4v) is 5.44. The lowest BCUT2D eigenvalue weighted by molar-refractivity contribution is 0.00946. The van der Waals surface area contributed by atoms with E-state index >= 15 is 0 Å². The van der Waals surface area contributed by atoms with Crippen LogP contribution in [0.4, 0.5) is 5.69 Å². The number of para-hydroxylation sites is 1. The molecule has 1 fully saturated rings. The standard InChI is InChI=1S/C29H34N6O/c1-3-27(28(36)29-32-31-22(2)35(29)25-14-16-30-17-15-25)34-19-18-33(24-12-8-5-9-13-24)21-26(34)20-23-10-6-4-7-11-23/h4-17,26-28,36H,3,18-21H2,1-2H3. The van der Waals surface area contributed by atoms with Gasteiger partial charge in [0.2, 0.25) is 0 Å². The predicted molar refractivity (Wildman–Crippen MR) is 142 cm³/mol. The van der Waals surface area contributed by atoms with E-state index in [2.05, 4.69) is 92.6 Å². The van der Waals surface area contributed by atoms with Gasteiger partial charge in [-0.15, -0.1) is 10.2 Å². The molecule has 0 amide bonds. The minimum atomic E-state index is -0.772. The maximum Gasteiger partial charge on any atom is 0.168 e. The fraction of sp³-hybridized carbons (Fsp3) is 0.345. The van der Waals surface area contributed by atoms with Crippen molar-refractivity contribution in [3.05, 3.63) is 102 Å². The van der Waals surface area contributed by atoms with E-state index in [0.717, 1.165) is 44.0 Å². The van der Waals surface area contributed by atoms with E-state index in [0.29, 0.717) is 5.82 Å². The van der Waals surface area contributed by atoms with Gasteiger partial charge in [-0.2, -0.15) is 0 Å². The van der Waals surface area contributed by atoms with Crippen LogP contribution in [0.2, 0.25) is 0 Å².